The fraction of sp³-hybridized carbons (Fsp3) is 0.250. The molecule has 1 aliphatic rings. The zero-order chi connectivity index (χ0) is 16.5. The van der Waals surface area contributed by atoms with Crippen LogP contribution in [0.25, 0.3) is 10.8 Å². The van der Waals surface area contributed by atoms with Crippen LogP contribution in [-0.4, -0.2) is 17.4 Å². The molecule has 130 valence electrons. The highest BCUT2D eigenvalue weighted by Crippen LogP contribution is 2.36. The number of nitrogens with zero attached hydrogens (tertiary/aromatic N) is 1. The van der Waals surface area contributed by atoms with Gasteiger partial charge in [0.2, 0.25) is 0 Å². The van der Waals surface area contributed by atoms with Crippen molar-refractivity contribution in [2.24, 2.45) is 5.73 Å². The second kappa shape index (κ2) is 7.30. The maximum Gasteiger partial charge on any atom is 0.257 e. The van der Waals surface area contributed by atoms with Gasteiger partial charge in [0.15, 0.2) is 0 Å². The molecule has 0 bridgehead atoms. The number of fused-ring (bicyclic) bond motifs is 1. The summed E-state index contributed by atoms with van der Waals surface area (Å²) >= 11 is 0. The lowest BCUT2D eigenvalue weighted by Gasteiger charge is -2.25. The van der Waals surface area contributed by atoms with E-state index in [1.54, 1.807) is 6.07 Å². The molecule has 1 saturated heterocycles. The van der Waals surface area contributed by atoms with Gasteiger partial charge in [-0.15, -0.1) is 12.4 Å². The fourth-order valence-electron chi connectivity index (χ4n) is 3.64. The molecule has 1 aliphatic heterocycles. The number of carbonyl (C=O) groups is 1. The predicted molar refractivity (Wildman–Crippen MR) is 101 cm³/mol. The number of hydrogen-bond acceptors (Lipinski definition) is 3. The molecule has 1 atom stereocenters. The summed E-state index contributed by atoms with van der Waals surface area (Å²) in [6.45, 7) is 1.08. The molecule has 2 heterocycles. The van der Waals surface area contributed by atoms with E-state index in [1.165, 1.54) is 22.6 Å². The number of likely N-dealkylation sites (tertiary alicyclic amines) is 1. The Labute approximate surface area is 153 Å². The minimum Gasteiger partial charge on any atom is -0.467 e. The first-order chi connectivity index (χ1) is 11.8. The van der Waals surface area contributed by atoms with Crippen LogP contribution >= 0.6 is 12.4 Å². The van der Waals surface area contributed by atoms with Gasteiger partial charge in [-0.25, -0.2) is 0 Å². The van der Waals surface area contributed by atoms with E-state index in [0.29, 0.717) is 17.9 Å². The standard InChI is InChI=1S/C20H20N2O2.ClH/c21-12-16-11-15(13-24-16)20(23)22-10-4-9-19(22)18-8-3-6-14-5-1-2-7-17(14)18;/h1-3,5-8,11,13,19H,4,9-10,12,21H2;1H. The second-order valence-electron chi connectivity index (χ2n) is 6.23. The van der Waals surface area contributed by atoms with Crippen molar-refractivity contribution in [1.82, 2.24) is 4.90 Å². The van der Waals surface area contributed by atoms with Crippen molar-refractivity contribution >= 4 is 29.1 Å². The fourth-order valence-corrected chi connectivity index (χ4v) is 3.64. The molecule has 5 heteroatoms. The van der Waals surface area contributed by atoms with Gasteiger partial charge in [-0.05, 0) is 35.2 Å². The Hall–Kier alpha value is -2.30. The van der Waals surface area contributed by atoms with Gasteiger partial charge >= 0.3 is 0 Å². The van der Waals surface area contributed by atoms with Crippen LogP contribution < -0.4 is 5.73 Å². The molecule has 1 amide bonds. The van der Waals surface area contributed by atoms with Crippen molar-refractivity contribution in [1.29, 1.82) is 0 Å². The van der Waals surface area contributed by atoms with Crippen molar-refractivity contribution in [3.8, 4) is 0 Å². The van der Waals surface area contributed by atoms with E-state index >= 15 is 0 Å². The van der Waals surface area contributed by atoms with E-state index in [4.69, 9.17) is 10.2 Å². The lowest BCUT2D eigenvalue weighted by Crippen LogP contribution is -2.30. The van der Waals surface area contributed by atoms with Crippen molar-refractivity contribution in [3.63, 3.8) is 0 Å². The molecule has 0 aliphatic carbocycles. The molecule has 2 N–H and O–H groups in total. The zero-order valence-electron chi connectivity index (χ0n) is 13.9. The quantitative estimate of drug-likeness (QED) is 0.761. The summed E-state index contributed by atoms with van der Waals surface area (Å²) in [6.07, 6.45) is 3.52. The van der Waals surface area contributed by atoms with Gasteiger partial charge in [0.05, 0.1) is 18.2 Å². The lowest BCUT2D eigenvalue weighted by atomic mass is 9.97. The number of furan rings is 1. The summed E-state index contributed by atoms with van der Waals surface area (Å²) < 4.78 is 5.33. The Morgan fingerprint density at radius 3 is 2.80 bits per heavy atom. The largest absolute Gasteiger partial charge is 0.467 e. The van der Waals surface area contributed by atoms with Crippen molar-refractivity contribution in [2.75, 3.05) is 6.54 Å². The van der Waals surface area contributed by atoms with Crippen LogP contribution in [0.3, 0.4) is 0 Å². The highest BCUT2D eigenvalue weighted by molar-refractivity contribution is 5.95. The average Bonchev–Trinajstić information content (AvgIpc) is 3.30. The van der Waals surface area contributed by atoms with Gasteiger partial charge in [-0.2, -0.15) is 0 Å². The van der Waals surface area contributed by atoms with E-state index in [2.05, 4.69) is 36.4 Å². The number of amides is 1. The maximum absolute atomic E-state index is 12.9. The highest BCUT2D eigenvalue weighted by atomic mass is 35.5. The molecule has 3 aromatic rings. The molecule has 25 heavy (non-hydrogen) atoms. The maximum atomic E-state index is 12.9. The molecule has 4 nitrogen and oxygen atoms in total. The third kappa shape index (κ3) is 3.15. The Morgan fingerprint density at radius 2 is 2.00 bits per heavy atom. The molecule has 0 radical (unpaired) electrons. The van der Waals surface area contributed by atoms with Crippen molar-refractivity contribution < 1.29 is 9.21 Å². The smallest absolute Gasteiger partial charge is 0.257 e. The minimum absolute atomic E-state index is 0. The number of carbonyl (C=O) groups excluding carboxylic acids is 1. The zero-order valence-corrected chi connectivity index (χ0v) is 14.7. The SMILES string of the molecule is Cl.NCc1cc(C(=O)N2CCCC2c2cccc3ccccc23)co1. The molecule has 1 fully saturated rings. The number of nitrogens with two attached hydrogens (primary N) is 1. The van der Waals surface area contributed by atoms with Crippen molar-refractivity contribution in [2.45, 2.75) is 25.4 Å². The highest BCUT2D eigenvalue weighted by Gasteiger charge is 2.32. The van der Waals surface area contributed by atoms with Crippen molar-refractivity contribution in [3.05, 3.63) is 71.7 Å². The summed E-state index contributed by atoms with van der Waals surface area (Å²) in [4.78, 5) is 14.9. The van der Waals surface area contributed by atoms with E-state index < -0.39 is 0 Å². The van der Waals surface area contributed by atoms with E-state index in [0.717, 1.165) is 19.4 Å². The minimum atomic E-state index is 0. The Kier molecular flexibility index (Phi) is 5.11. The van der Waals surface area contributed by atoms with Crippen LogP contribution in [0, 0.1) is 0 Å². The molecule has 0 saturated carbocycles. The van der Waals surface area contributed by atoms with Gasteiger partial charge in [0.1, 0.15) is 12.0 Å². The topological polar surface area (TPSA) is 59.5 Å². The lowest BCUT2D eigenvalue weighted by molar-refractivity contribution is 0.0736. The predicted octanol–water partition coefficient (Wildman–Crippen LogP) is 4.29. The van der Waals surface area contributed by atoms with E-state index in [9.17, 15) is 4.79 Å². The first kappa shape index (κ1) is 17.5. The van der Waals surface area contributed by atoms with E-state index in [-0.39, 0.29) is 24.4 Å². The van der Waals surface area contributed by atoms with Crippen LogP contribution in [0.4, 0.5) is 0 Å². The molecule has 1 aromatic heterocycles. The molecule has 0 spiro atoms. The molecular weight excluding hydrogens is 336 g/mol. The second-order valence-corrected chi connectivity index (χ2v) is 6.23. The van der Waals surface area contributed by atoms with Gasteiger partial charge < -0.3 is 15.1 Å². The summed E-state index contributed by atoms with van der Waals surface area (Å²) in [5.74, 6) is 0.660. The summed E-state index contributed by atoms with van der Waals surface area (Å²) in [5, 5.41) is 2.43. The number of hydrogen-bond donors (Lipinski definition) is 1. The van der Waals surface area contributed by atoms with Gasteiger partial charge in [0, 0.05) is 6.54 Å². The monoisotopic (exact) mass is 356 g/mol. The van der Waals surface area contributed by atoms with Crippen LogP contribution in [0.5, 0.6) is 0 Å². The van der Waals surface area contributed by atoms with Crippen LogP contribution in [0.1, 0.15) is 40.6 Å². The number of halogens is 1. The Morgan fingerprint density at radius 1 is 1.20 bits per heavy atom. The Balaban J connectivity index is 0.00000182. The normalized spacial score (nSPS) is 16.8. The third-order valence-corrected chi connectivity index (χ3v) is 4.80. The van der Waals surface area contributed by atoms with Crippen LogP contribution in [-0.2, 0) is 6.54 Å². The summed E-state index contributed by atoms with van der Waals surface area (Å²) in [7, 11) is 0. The first-order valence-electron chi connectivity index (χ1n) is 8.34. The Bertz CT molecular complexity index is 885. The molecule has 4 rings (SSSR count). The van der Waals surface area contributed by atoms with Crippen LogP contribution in [0.2, 0.25) is 0 Å². The van der Waals surface area contributed by atoms with Gasteiger partial charge in [-0.1, -0.05) is 42.5 Å². The number of rotatable bonds is 3. The van der Waals surface area contributed by atoms with Gasteiger partial charge in [-0.3, -0.25) is 4.79 Å². The van der Waals surface area contributed by atoms with Crippen LogP contribution in [0.15, 0.2) is 59.2 Å². The number of benzene rings is 2. The molecule has 1 unspecified atom stereocenters. The third-order valence-electron chi connectivity index (χ3n) is 4.80. The summed E-state index contributed by atoms with van der Waals surface area (Å²) in [6, 6.07) is 16.5. The van der Waals surface area contributed by atoms with E-state index in [1.807, 2.05) is 11.0 Å². The first-order valence-corrected chi connectivity index (χ1v) is 8.34. The molecular formula is C20H21ClN2O2. The summed E-state index contributed by atoms with van der Waals surface area (Å²) in [5.41, 5.74) is 7.39. The van der Waals surface area contributed by atoms with Gasteiger partial charge in [0.25, 0.3) is 5.91 Å². The average molecular weight is 357 g/mol. The molecule has 2 aromatic carbocycles.